The van der Waals surface area contributed by atoms with Crippen molar-refractivity contribution in [3.05, 3.63) is 59.2 Å². The van der Waals surface area contributed by atoms with Crippen LogP contribution >= 0.6 is 0 Å². The fourth-order valence-corrected chi connectivity index (χ4v) is 3.26. The second-order valence-corrected chi connectivity index (χ2v) is 6.54. The smallest absolute Gasteiger partial charge is 0.255 e. The van der Waals surface area contributed by atoms with E-state index in [1.807, 2.05) is 49.4 Å². The summed E-state index contributed by atoms with van der Waals surface area (Å²) in [5.74, 6) is 1.74. The second kappa shape index (κ2) is 7.18. The Morgan fingerprint density at radius 1 is 1.20 bits per heavy atom. The number of rotatable bonds is 5. The van der Waals surface area contributed by atoms with Gasteiger partial charge in [0.15, 0.2) is 0 Å². The van der Waals surface area contributed by atoms with Gasteiger partial charge in [-0.15, -0.1) is 0 Å². The van der Waals surface area contributed by atoms with Crippen LogP contribution in [0.25, 0.3) is 0 Å². The van der Waals surface area contributed by atoms with Crippen LogP contribution in [0.15, 0.2) is 42.5 Å². The van der Waals surface area contributed by atoms with Crippen LogP contribution in [0, 0.1) is 0 Å². The monoisotopic (exact) mass is 339 g/mol. The number of hydrogen-bond acceptors (Lipinski definition) is 3. The number of nitrogens with one attached hydrogen (secondary N) is 1. The molecule has 0 saturated carbocycles. The van der Waals surface area contributed by atoms with E-state index in [9.17, 15) is 4.79 Å². The third-order valence-corrected chi connectivity index (χ3v) is 5.02. The lowest BCUT2D eigenvalue weighted by Crippen LogP contribution is -2.28. The van der Waals surface area contributed by atoms with Crippen LogP contribution in [0.2, 0.25) is 0 Å². The molecule has 4 nitrogen and oxygen atoms in total. The lowest BCUT2D eigenvalue weighted by atomic mass is 9.96. The molecule has 1 aliphatic rings. The summed E-state index contributed by atoms with van der Waals surface area (Å²) < 4.78 is 11.1. The van der Waals surface area contributed by atoms with Gasteiger partial charge < -0.3 is 14.8 Å². The lowest BCUT2D eigenvalue weighted by Gasteiger charge is -2.19. The molecule has 2 aromatic rings. The zero-order valence-electron chi connectivity index (χ0n) is 15.2. The van der Waals surface area contributed by atoms with Gasteiger partial charge in [-0.05, 0) is 37.1 Å². The average Bonchev–Trinajstić information content (AvgIpc) is 2.94. The normalized spacial score (nSPS) is 19.7. The first kappa shape index (κ1) is 17.3. The Bertz CT molecular complexity index is 754. The number of fused-ring (bicyclic) bond motifs is 1. The fourth-order valence-electron chi connectivity index (χ4n) is 3.26. The maximum absolute atomic E-state index is 12.9. The molecule has 3 atom stereocenters. The number of hydrogen-bond donors (Lipinski definition) is 1. The second-order valence-electron chi connectivity index (χ2n) is 6.54. The van der Waals surface area contributed by atoms with E-state index >= 15 is 0 Å². The van der Waals surface area contributed by atoms with Crippen LogP contribution in [-0.2, 0) is 0 Å². The highest BCUT2D eigenvalue weighted by atomic mass is 16.5. The van der Waals surface area contributed by atoms with Crippen molar-refractivity contribution >= 4 is 5.91 Å². The summed E-state index contributed by atoms with van der Waals surface area (Å²) >= 11 is 0. The van der Waals surface area contributed by atoms with Crippen molar-refractivity contribution in [2.45, 2.75) is 45.3 Å². The molecule has 0 spiro atoms. The number of amides is 1. The molecule has 132 valence electrons. The molecule has 0 aromatic heterocycles. The van der Waals surface area contributed by atoms with Crippen LogP contribution in [0.4, 0.5) is 0 Å². The summed E-state index contributed by atoms with van der Waals surface area (Å²) in [4.78, 5) is 12.9. The van der Waals surface area contributed by atoms with Gasteiger partial charge in [0.1, 0.15) is 17.6 Å². The summed E-state index contributed by atoms with van der Waals surface area (Å²) in [6.45, 7) is 6.23. The molecular weight excluding hydrogens is 314 g/mol. The minimum absolute atomic E-state index is 0.0505. The number of methoxy groups -OCH3 is 1. The van der Waals surface area contributed by atoms with E-state index < -0.39 is 0 Å². The molecule has 1 heterocycles. The molecular formula is C21H25NO3. The fraction of sp³-hybridized carbons (Fsp3) is 0.381. The van der Waals surface area contributed by atoms with Gasteiger partial charge in [0.05, 0.1) is 18.7 Å². The Labute approximate surface area is 149 Å². The average molecular weight is 339 g/mol. The highest BCUT2D eigenvalue weighted by molar-refractivity contribution is 5.97. The summed E-state index contributed by atoms with van der Waals surface area (Å²) in [6, 6.07) is 13.6. The molecule has 0 fully saturated rings. The van der Waals surface area contributed by atoms with E-state index in [2.05, 4.69) is 19.2 Å². The van der Waals surface area contributed by atoms with Gasteiger partial charge in [0.2, 0.25) is 0 Å². The number of ether oxygens (including phenoxy) is 2. The standard InChI is InChI=1S/C21H25NO3/c1-5-19(15-9-11-16(24-4)12-10-15)22-21(23)18-8-6-7-17-13(2)14(3)25-20(17)18/h6-14,19H,5H2,1-4H3,(H,22,23)/t13-,14+,19+/m1/s1. The van der Waals surface area contributed by atoms with Crippen LogP contribution in [0.3, 0.4) is 0 Å². The van der Waals surface area contributed by atoms with Crippen LogP contribution < -0.4 is 14.8 Å². The molecule has 2 aromatic carbocycles. The number of carbonyl (C=O) groups excluding carboxylic acids is 1. The summed E-state index contributed by atoms with van der Waals surface area (Å²) in [5.41, 5.74) is 2.78. The van der Waals surface area contributed by atoms with Crippen molar-refractivity contribution in [3.63, 3.8) is 0 Å². The van der Waals surface area contributed by atoms with E-state index in [1.165, 1.54) is 0 Å². The van der Waals surface area contributed by atoms with E-state index in [0.29, 0.717) is 11.5 Å². The molecule has 1 N–H and O–H groups in total. The summed E-state index contributed by atoms with van der Waals surface area (Å²) in [7, 11) is 1.64. The highest BCUT2D eigenvalue weighted by Gasteiger charge is 2.31. The first-order valence-electron chi connectivity index (χ1n) is 8.79. The zero-order chi connectivity index (χ0) is 18.0. The molecule has 1 aliphatic heterocycles. The number of carbonyl (C=O) groups is 1. The largest absolute Gasteiger partial charge is 0.497 e. The van der Waals surface area contributed by atoms with Gasteiger partial charge in [-0.1, -0.05) is 38.1 Å². The maximum atomic E-state index is 12.9. The molecule has 1 amide bonds. The third-order valence-electron chi connectivity index (χ3n) is 5.02. The van der Waals surface area contributed by atoms with E-state index in [4.69, 9.17) is 9.47 Å². The van der Waals surface area contributed by atoms with E-state index in [0.717, 1.165) is 29.0 Å². The van der Waals surface area contributed by atoms with Crippen molar-refractivity contribution in [3.8, 4) is 11.5 Å². The molecule has 0 aliphatic carbocycles. The van der Waals surface area contributed by atoms with Crippen molar-refractivity contribution in [2.75, 3.05) is 7.11 Å². The summed E-state index contributed by atoms with van der Waals surface area (Å²) in [6.07, 6.45) is 0.897. The van der Waals surface area contributed by atoms with E-state index in [-0.39, 0.29) is 18.1 Å². The van der Waals surface area contributed by atoms with Gasteiger partial charge in [-0.2, -0.15) is 0 Å². The first-order chi connectivity index (χ1) is 12.0. The van der Waals surface area contributed by atoms with Gasteiger partial charge in [-0.3, -0.25) is 4.79 Å². The van der Waals surface area contributed by atoms with Gasteiger partial charge in [-0.25, -0.2) is 0 Å². The topological polar surface area (TPSA) is 47.6 Å². The van der Waals surface area contributed by atoms with Crippen molar-refractivity contribution in [1.29, 1.82) is 0 Å². The van der Waals surface area contributed by atoms with Crippen molar-refractivity contribution in [2.24, 2.45) is 0 Å². The number of benzene rings is 2. The molecule has 0 bridgehead atoms. The Morgan fingerprint density at radius 3 is 2.56 bits per heavy atom. The van der Waals surface area contributed by atoms with Gasteiger partial charge in [0.25, 0.3) is 5.91 Å². The minimum atomic E-state index is -0.0965. The molecule has 0 unspecified atom stereocenters. The molecule has 0 saturated heterocycles. The molecule has 4 heteroatoms. The quantitative estimate of drug-likeness (QED) is 0.875. The molecule has 0 radical (unpaired) electrons. The van der Waals surface area contributed by atoms with Gasteiger partial charge >= 0.3 is 0 Å². The van der Waals surface area contributed by atoms with Crippen LogP contribution in [0.1, 0.15) is 60.6 Å². The SMILES string of the molecule is CC[C@H](NC(=O)c1cccc2c1O[C@@H](C)[C@H]2C)c1ccc(OC)cc1. The minimum Gasteiger partial charge on any atom is -0.497 e. The maximum Gasteiger partial charge on any atom is 0.255 e. The third kappa shape index (κ3) is 3.34. The summed E-state index contributed by atoms with van der Waals surface area (Å²) in [5, 5.41) is 3.14. The predicted molar refractivity (Wildman–Crippen MR) is 98.4 cm³/mol. The van der Waals surface area contributed by atoms with Crippen LogP contribution in [-0.4, -0.2) is 19.1 Å². The van der Waals surface area contributed by atoms with Crippen LogP contribution in [0.5, 0.6) is 11.5 Å². The Morgan fingerprint density at radius 2 is 1.92 bits per heavy atom. The Kier molecular flexibility index (Phi) is 4.98. The highest BCUT2D eigenvalue weighted by Crippen LogP contribution is 2.40. The molecule has 25 heavy (non-hydrogen) atoms. The van der Waals surface area contributed by atoms with Gasteiger partial charge in [0, 0.05) is 11.5 Å². The predicted octanol–water partition coefficient (Wildman–Crippen LogP) is 4.46. The zero-order valence-corrected chi connectivity index (χ0v) is 15.2. The molecule has 3 rings (SSSR count). The van der Waals surface area contributed by atoms with E-state index in [1.54, 1.807) is 7.11 Å². The van der Waals surface area contributed by atoms with Crippen molar-refractivity contribution < 1.29 is 14.3 Å². The number of para-hydroxylation sites is 1. The first-order valence-corrected chi connectivity index (χ1v) is 8.79. The Balaban J connectivity index is 1.82. The lowest BCUT2D eigenvalue weighted by molar-refractivity contribution is 0.0930. The van der Waals surface area contributed by atoms with Crippen molar-refractivity contribution in [1.82, 2.24) is 5.32 Å². The Hall–Kier alpha value is -2.49.